The van der Waals surface area contributed by atoms with E-state index in [-0.39, 0.29) is 5.91 Å². The van der Waals surface area contributed by atoms with Crippen molar-refractivity contribution in [1.82, 2.24) is 14.8 Å². The number of rotatable bonds is 5. The van der Waals surface area contributed by atoms with Gasteiger partial charge in [0.15, 0.2) is 0 Å². The van der Waals surface area contributed by atoms with Gasteiger partial charge in [-0.2, -0.15) is 5.10 Å². The van der Waals surface area contributed by atoms with Gasteiger partial charge in [0, 0.05) is 30.1 Å². The van der Waals surface area contributed by atoms with Gasteiger partial charge in [0.25, 0.3) is 5.91 Å². The van der Waals surface area contributed by atoms with Crippen LogP contribution in [0.1, 0.15) is 29.3 Å². The molecular weight excluding hydrogens is 300 g/mol. The molecule has 1 amide bonds. The second kappa shape index (κ2) is 7.08. The summed E-state index contributed by atoms with van der Waals surface area (Å²) in [6.45, 7) is 4.87. The molecule has 0 spiro atoms. The summed E-state index contributed by atoms with van der Waals surface area (Å²) in [6.07, 6.45) is 6.27. The van der Waals surface area contributed by atoms with Gasteiger partial charge in [0.1, 0.15) is 0 Å². The van der Waals surface area contributed by atoms with Crippen LogP contribution in [0.15, 0.2) is 55.0 Å². The molecule has 2 aromatic heterocycles. The van der Waals surface area contributed by atoms with Gasteiger partial charge in [-0.1, -0.05) is 25.1 Å². The van der Waals surface area contributed by atoms with E-state index in [0.717, 1.165) is 29.8 Å². The lowest BCUT2D eigenvalue weighted by molar-refractivity contribution is 0.102. The Morgan fingerprint density at radius 2 is 2.08 bits per heavy atom. The number of anilines is 1. The number of amides is 1. The molecule has 3 aromatic rings. The summed E-state index contributed by atoms with van der Waals surface area (Å²) in [4.78, 5) is 17.0. The highest BCUT2D eigenvalue weighted by atomic mass is 16.1. The molecule has 0 aliphatic rings. The van der Waals surface area contributed by atoms with Gasteiger partial charge in [0.05, 0.1) is 17.6 Å². The Bertz CT molecular complexity index is 840. The lowest BCUT2D eigenvalue weighted by atomic mass is 9.99. The van der Waals surface area contributed by atoms with E-state index < -0.39 is 0 Å². The molecule has 0 fully saturated rings. The highest BCUT2D eigenvalue weighted by molar-refractivity contribution is 6.06. The number of benzene rings is 1. The second-order valence-electron chi connectivity index (χ2n) is 5.64. The Hall–Kier alpha value is -2.95. The molecule has 0 bridgehead atoms. The number of aryl methyl sites for hydroxylation is 1. The second-order valence-corrected chi connectivity index (χ2v) is 5.64. The number of pyridine rings is 1. The van der Waals surface area contributed by atoms with Gasteiger partial charge in [-0.15, -0.1) is 0 Å². The lowest BCUT2D eigenvalue weighted by Gasteiger charge is -2.10. The van der Waals surface area contributed by atoms with Crippen molar-refractivity contribution >= 4 is 11.6 Å². The van der Waals surface area contributed by atoms with E-state index in [1.807, 2.05) is 54.2 Å². The quantitative estimate of drug-likeness (QED) is 0.775. The van der Waals surface area contributed by atoms with E-state index in [1.165, 1.54) is 0 Å². The first-order chi connectivity index (χ1) is 11.7. The largest absolute Gasteiger partial charge is 0.319 e. The number of hydrogen-bond donors (Lipinski definition) is 1. The number of nitrogens with zero attached hydrogens (tertiary/aromatic N) is 3. The zero-order valence-electron chi connectivity index (χ0n) is 13.9. The molecule has 1 N–H and O–H groups in total. The molecule has 1 aromatic carbocycles. The summed E-state index contributed by atoms with van der Waals surface area (Å²) in [7, 11) is 0. The maximum atomic E-state index is 12.6. The zero-order chi connectivity index (χ0) is 16.9. The molecule has 0 aliphatic carbocycles. The van der Waals surface area contributed by atoms with Gasteiger partial charge in [0.2, 0.25) is 0 Å². The smallest absolute Gasteiger partial charge is 0.256 e. The van der Waals surface area contributed by atoms with Crippen LogP contribution in [0.2, 0.25) is 0 Å². The van der Waals surface area contributed by atoms with Crippen molar-refractivity contribution in [3.8, 4) is 11.3 Å². The minimum atomic E-state index is -0.138. The van der Waals surface area contributed by atoms with E-state index in [2.05, 4.69) is 22.3 Å². The Morgan fingerprint density at radius 3 is 2.83 bits per heavy atom. The van der Waals surface area contributed by atoms with Crippen LogP contribution in [0, 0.1) is 6.92 Å². The van der Waals surface area contributed by atoms with Crippen molar-refractivity contribution in [2.75, 3.05) is 5.32 Å². The van der Waals surface area contributed by atoms with Gasteiger partial charge >= 0.3 is 0 Å². The molecule has 5 heteroatoms. The van der Waals surface area contributed by atoms with Crippen molar-refractivity contribution in [3.05, 3.63) is 66.1 Å². The van der Waals surface area contributed by atoms with Crippen LogP contribution in [-0.4, -0.2) is 20.7 Å². The van der Waals surface area contributed by atoms with Crippen LogP contribution in [-0.2, 0) is 6.54 Å². The summed E-state index contributed by atoms with van der Waals surface area (Å²) in [5, 5.41) is 7.15. The van der Waals surface area contributed by atoms with E-state index in [1.54, 1.807) is 12.4 Å². The number of nitrogens with one attached hydrogen (secondary N) is 1. The van der Waals surface area contributed by atoms with E-state index in [0.29, 0.717) is 11.3 Å². The fourth-order valence-corrected chi connectivity index (χ4v) is 2.66. The van der Waals surface area contributed by atoms with Crippen molar-refractivity contribution in [3.63, 3.8) is 0 Å². The molecule has 0 radical (unpaired) electrons. The number of aromatic nitrogens is 3. The lowest BCUT2D eigenvalue weighted by Crippen LogP contribution is -2.13. The maximum absolute atomic E-state index is 12.6. The fourth-order valence-electron chi connectivity index (χ4n) is 2.66. The first kappa shape index (κ1) is 15.9. The molecule has 5 nitrogen and oxygen atoms in total. The average Bonchev–Trinajstić information content (AvgIpc) is 3.03. The average molecular weight is 320 g/mol. The SMILES string of the molecule is CCCn1cc(NC(=O)c2cccc(-c3ccccn3)c2C)cn1. The Kier molecular flexibility index (Phi) is 4.70. The molecule has 24 heavy (non-hydrogen) atoms. The third-order valence-electron chi connectivity index (χ3n) is 3.86. The summed E-state index contributed by atoms with van der Waals surface area (Å²) >= 11 is 0. The monoisotopic (exact) mass is 320 g/mol. The molecule has 3 rings (SSSR count). The summed E-state index contributed by atoms with van der Waals surface area (Å²) in [5.41, 5.74) is 4.08. The molecule has 0 saturated carbocycles. The topological polar surface area (TPSA) is 59.8 Å². The van der Waals surface area contributed by atoms with Gasteiger partial charge in [-0.05, 0) is 37.1 Å². The van der Waals surface area contributed by atoms with Crippen molar-refractivity contribution < 1.29 is 4.79 Å². The van der Waals surface area contributed by atoms with Crippen LogP contribution in [0.25, 0.3) is 11.3 Å². The van der Waals surface area contributed by atoms with Crippen LogP contribution < -0.4 is 5.32 Å². The van der Waals surface area contributed by atoms with E-state index in [9.17, 15) is 4.79 Å². The third-order valence-corrected chi connectivity index (χ3v) is 3.86. The normalized spacial score (nSPS) is 10.6. The minimum Gasteiger partial charge on any atom is -0.319 e. The minimum absolute atomic E-state index is 0.138. The molecule has 0 atom stereocenters. The molecule has 2 heterocycles. The summed E-state index contributed by atoms with van der Waals surface area (Å²) in [5.74, 6) is -0.138. The highest BCUT2D eigenvalue weighted by Crippen LogP contribution is 2.24. The van der Waals surface area contributed by atoms with Gasteiger partial charge in [-0.3, -0.25) is 14.5 Å². The van der Waals surface area contributed by atoms with Crippen molar-refractivity contribution in [1.29, 1.82) is 0 Å². The molecule has 122 valence electrons. The summed E-state index contributed by atoms with van der Waals surface area (Å²) < 4.78 is 1.83. The Morgan fingerprint density at radius 1 is 1.21 bits per heavy atom. The summed E-state index contributed by atoms with van der Waals surface area (Å²) in [6, 6.07) is 11.5. The predicted molar refractivity (Wildman–Crippen MR) is 94.9 cm³/mol. The highest BCUT2D eigenvalue weighted by Gasteiger charge is 2.14. The number of carbonyl (C=O) groups excluding carboxylic acids is 1. The van der Waals surface area contributed by atoms with Crippen molar-refractivity contribution in [2.45, 2.75) is 26.8 Å². The molecule has 0 unspecified atom stereocenters. The Balaban J connectivity index is 1.85. The van der Waals surface area contributed by atoms with Crippen LogP contribution in [0.4, 0.5) is 5.69 Å². The first-order valence-electron chi connectivity index (χ1n) is 8.04. The predicted octanol–water partition coefficient (Wildman–Crippen LogP) is 3.92. The fraction of sp³-hybridized carbons (Fsp3) is 0.211. The van der Waals surface area contributed by atoms with Crippen LogP contribution >= 0.6 is 0 Å². The number of carbonyl (C=O) groups is 1. The van der Waals surface area contributed by atoms with Crippen LogP contribution in [0.5, 0.6) is 0 Å². The van der Waals surface area contributed by atoms with Gasteiger partial charge in [-0.25, -0.2) is 0 Å². The molecule has 0 saturated heterocycles. The van der Waals surface area contributed by atoms with Crippen LogP contribution in [0.3, 0.4) is 0 Å². The molecular formula is C19H20N4O. The standard InChI is InChI=1S/C19H20N4O/c1-3-11-23-13-15(12-21-23)22-19(24)17-8-6-7-16(14(17)2)18-9-4-5-10-20-18/h4-10,12-13H,3,11H2,1-2H3,(H,22,24). The molecule has 0 aliphatic heterocycles. The first-order valence-corrected chi connectivity index (χ1v) is 8.04. The maximum Gasteiger partial charge on any atom is 0.256 e. The van der Waals surface area contributed by atoms with Gasteiger partial charge < -0.3 is 5.32 Å². The van der Waals surface area contributed by atoms with E-state index in [4.69, 9.17) is 0 Å². The zero-order valence-corrected chi connectivity index (χ0v) is 13.9. The Labute approximate surface area is 141 Å². The number of hydrogen-bond acceptors (Lipinski definition) is 3. The van der Waals surface area contributed by atoms with Crippen molar-refractivity contribution in [2.24, 2.45) is 0 Å². The van der Waals surface area contributed by atoms with E-state index >= 15 is 0 Å². The third kappa shape index (κ3) is 3.35.